The first-order valence-electron chi connectivity index (χ1n) is 12.2. The molecule has 1 aromatic heterocycles. The number of primary amides is 1. The number of nitrogens with two attached hydrogens (primary N) is 1. The maximum absolute atomic E-state index is 14.5. The van der Waals surface area contributed by atoms with E-state index < -0.39 is 15.9 Å². The van der Waals surface area contributed by atoms with Crippen LogP contribution in [0.25, 0.3) is 22.0 Å². The fraction of sp³-hybridized carbons (Fsp3) is 0.370. The van der Waals surface area contributed by atoms with E-state index in [1.807, 2.05) is 25.3 Å². The van der Waals surface area contributed by atoms with Gasteiger partial charge in [-0.15, -0.1) is 0 Å². The Balaban J connectivity index is 1.70. The third kappa shape index (κ3) is 5.53. The first kappa shape index (κ1) is 26.1. The molecule has 0 radical (unpaired) electrons. The molecule has 2 heterocycles. The zero-order valence-corrected chi connectivity index (χ0v) is 21.6. The van der Waals surface area contributed by atoms with Crippen molar-refractivity contribution in [3.8, 4) is 11.1 Å². The van der Waals surface area contributed by atoms with E-state index in [-0.39, 0.29) is 17.5 Å². The summed E-state index contributed by atoms with van der Waals surface area (Å²) in [6.45, 7) is 9.48. The van der Waals surface area contributed by atoms with Gasteiger partial charge in [0.25, 0.3) is 5.91 Å². The van der Waals surface area contributed by atoms with Crippen LogP contribution in [0.4, 0.5) is 4.39 Å². The van der Waals surface area contributed by atoms with E-state index in [1.54, 1.807) is 17.3 Å². The smallest absolute Gasteiger partial charge is 0.250 e. The van der Waals surface area contributed by atoms with Gasteiger partial charge in [-0.25, -0.2) is 17.1 Å². The molecule has 0 atom stereocenters. The van der Waals surface area contributed by atoms with E-state index in [2.05, 4.69) is 16.9 Å². The summed E-state index contributed by atoms with van der Waals surface area (Å²) in [6.07, 6.45) is 3.25. The van der Waals surface area contributed by atoms with E-state index in [0.29, 0.717) is 61.2 Å². The number of amides is 1. The number of hydrogen-bond acceptors (Lipinski definition) is 4. The second kappa shape index (κ2) is 10.5. The number of aromatic nitrogens is 1. The van der Waals surface area contributed by atoms with Gasteiger partial charge in [0.15, 0.2) is 0 Å². The quantitative estimate of drug-likeness (QED) is 0.372. The number of carbonyl (C=O) groups is 1. The fourth-order valence-electron chi connectivity index (χ4n) is 4.92. The van der Waals surface area contributed by atoms with Gasteiger partial charge >= 0.3 is 0 Å². The number of nitrogens with zero attached hydrogens (tertiary/aromatic N) is 1. The summed E-state index contributed by atoms with van der Waals surface area (Å²) in [5.74, 6) is -0.709. The number of benzene rings is 2. The molecule has 4 rings (SSSR count). The Bertz CT molecular complexity index is 1410. The monoisotopic (exact) mass is 512 g/mol. The average molecular weight is 513 g/mol. The van der Waals surface area contributed by atoms with E-state index >= 15 is 0 Å². The number of aromatic amines is 1. The third-order valence-electron chi connectivity index (χ3n) is 6.79. The van der Waals surface area contributed by atoms with Gasteiger partial charge in [0.05, 0.1) is 16.8 Å². The van der Waals surface area contributed by atoms with Crippen molar-refractivity contribution in [3.63, 3.8) is 0 Å². The minimum atomic E-state index is -3.22. The van der Waals surface area contributed by atoms with Crippen molar-refractivity contribution in [2.45, 2.75) is 39.2 Å². The van der Waals surface area contributed by atoms with Crippen molar-refractivity contribution in [3.05, 3.63) is 71.2 Å². The number of piperidine rings is 1. The molecule has 0 saturated carbocycles. The molecule has 7 nitrogen and oxygen atoms in total. The number of hydrogen-bond donors (Lipinski definition) is 3. The molecule has 2 aromatic carbocycles. The van der Waals surface area contributed by atoms with Crippen molar-refractivity contribution in [1.82, 2.24) is 14.6 Å². The van der Waals surface area contributed by atoms with Gasteiger partial charge in [-0.3, -0.25) is 4.79 Å². The first-order chi connectivity index (χ1) is 17.1. The molecule has 0 bridgehead atoms. The number of halogens is 1. The predicted octanol–water partition coefficient (Wildman–Crippen LogP) is 4.27. The molecule has 1 saturated heterocycles. The topological polar surface area (TPSA) is 108 Å². The summed E-state index contributed by atoms with van der Waals surface area (Å²) < 4.78 is 40.6. The molecule has 0 aliphatic carbocycles. The van der Waals surface area contributed by atoms with Crippen LogP contribution in [0.3, 0.4) is 0 Å². The molecular weight excluding hydrogens is 479 g/mol. The number of nitrogens with one attached hydrogen (secondary N) is 2. The standard InChI is InChI=1S/C27H33FN4O3S/c1-4-36(34,35)32-7-5-19(6-8-32)25-16-31-26-23(25)12-21(13-24(26)27(29)33)20-9-18(10-22(28)11-20)15-30-14-17(2)3/h9-13,16,19,30-31H,2,4-8,14-15H2,1,3H3,(H2,29,33). The molecule has 1 aliphatic rings. The normalized spacial score (nSPS) is 15.4. The number of rotatable bonds is 9. The third-order valence-corrected chi connectivity index (χ3v) is 8.67. The zero-order valence-electron chi connectivity index (χ0n) is 20.7. The summed E-state index contributed by atoms with van der Waals surface area (Å²) in [7, 11) is -3.22. The van der Waals surface area contributed by atoms with Gasteiger partial charge in [0.2, 0.25) is 10.0 Å². The summed E-state index contributed by atoms with van der Waals surface area (Å²) in [5.41, 5.74) is 10.8. The van der Waals surface area contributed by atoms with Crippen molar-refractivity contribution >= 4 is 26.8 Å². The van der Waals surface area contributed by atoms with Gasteiger partial charge < -0.3 is 16.0 Å². The molecule has 3 aromatic rings. The highest BCUT2D eigenvalue weighted by Crippen LogP contribution is 2.37. The SMILES string of the molecule is C=C(C)CNCc1cc(F)cc(-c2cc(C(N)=O)c3[nH]cc(C4CCN(S(=O)(=O)CC)CC4)c3c2)c1. The highest BCUT2D eigenvalue weighted by atomic mass is 32.2. The Morgan fingerprint density at radius 3 is 2.53 bits per heavy atom. The summed E-state index contributed by atoms with van der Waals surface area (Å²) >= 11 is 0. The second-order valence-electron chi connectivity index (χ2n) is 9.54. The van der Waals surface area contributed by atoms with E-state index in [0.717, 1.165) is 22.1 Å². The summed E-state index contributed by atoms with van der Waals surface area (Å²) in [5, 5.41) is 4.09. The lowest BCUT2D eigenvalue weighted by Crippen LogP contribution is -2.38. The molecule has 0 spiro atoms. The predicted molar refractivity (Wildman–Crippen MR) is 142 cm³/mol. The van der Waals surface area contributed by atoms with Crippen LogP contribution in [0.1, 0.15) is 54.1 Å². The van der Waals surface area contributed by atoms with Gasteiger partial charge in [-0.2, -0.15) is 0 Å². The van der Waals surface area contributed by atoms with Gasteiger partial charge in [-0.1, -0.05) is 12.2 Å². The number of H-pyrrole nitrogens is 1. The van der Waals surface area contributed by atoms with E-state index in [4.69, 9.17) is 5.73 Å². The van der Waals surface area contributed by atoms with Crippen molar-refractivity contribution in [1.29, 1.82) is 0 Å². The zero-order chi connectivity index (χ0) is 26.0. The lowest BCUT2D eigenvalue weighted by Gasteiger charge is -2.31. The van der Waals surface area contributed by atoms with Gasteiger partial charge in [0, 0.05) is 37.8 Å². The molecule has 192 valence electrons. The van der Waals surface area contributed by atoms with Crippen LogP contribution < -0.4 is 11.1 Å². The molecule has 1 amide bonds. The Kier molecular flexibility index (Phi) is 7.63. The Hall–Kier alpha value is -3.01. The largest absolute Gasteiger partial charge is 0.366 e. The fourth-order valence-corrected chi connectivity index (χ4v) is 6.05. The van der Waals surface area contributed by atoms with Crippen LogP contribution in [0.2, 0.25) is 0 Å². The molecule has 36 heavy (non-hydrogen) atoms. The molecular formula is C27H33FN4O3S. The number of carbonyl (C=O) groups excluding carboxylic acids is 1. The lowest BCUT2D eigenvalue weighted by molar-refractivity contribution is 0.100. The van der Waals surface area contributed by atoms with Crippen LogP contribution in [0.15, 0.2) is 48.7 Å². The van der Waals surface area contributed by atoms with Crippen LogP contribution in [-0.4, -0.2) is 49.0 Å². The van der Waals surface area contributed by atoms with Crippen molar-refractivity contribution in [2.75, 3.05) is 25.4 Å². The van der Waals surface area contributed by atoms with Crippen LogP contribution in [0, 0.1) is 5.82 Å². The Labute approximate surface area is 211 Å². The molecule has 1 fully saturated rings. The number of sulfonamides is 1. The van der Waals surface area contributed by atoms with Crippen molar-refractivity contribution < 1.29 is 17.6 Å². The maximum atomic E-state index is 14.5. The minimum Gasteiger partial charge on any atom is -0.366 e. The van der Waals surface area contributed by atoms with Crippen LogP contribution in [-0.2, 0) is 16.6 Å². The Morgan fingerprint density at radius 1 is 1.19 bits per heavy atom. The Morgan fingerprint density at radius 2 is 1.89 bits per heavy atom. The molecule has 1 aliphatic heterocycles. The summed E-state index contributed by atoms with van der Waals surface area (Å²) in [4.78, 5) is 15.5. The average Bonchev–Trinajstić information content (AvgIpc) is 3.27. The summed E-state index contributed by atoms with van der Waals surface area (Å²) in [6, 6.07) is 8.50. The highest BCUT2D eigenvalue weighted by Gasteiger charge is 2.29. The van der Waals surface area contributed by atoms with Gasteiger partial charge in [-0.05, 0) is 85.2 Å². The van der Waals surface area contributed by atoms with Gasteiger partial charge in [0.1, 0.15) is 5.82 Å². The second-order valence-corrected chi connectivity index (χ2v) is 11.8. The van der Waals surface area contributed by atoms with Crippen molar-refractivity contribution in [2.24, 2.45) is 5.73 Å². The maximum Gasteiger partial charge on any atom is 0.250 e. The van der Waals surface area contributed by atoms with E-state index in [9.17, 15) is 17.6 Å². The minimum absolute atomic E-state index is 0.0917. The van der Waals surface area contributed by atoms with Crippen LogP contribution >= 0.6 is 0 Å². The van der Waals surface area contributed by atoms with Crippen LogP contribution in [0.5, 0.6) is 0 Å². The molecule has 4 N–H and O–H groups in total. The number of fused-ring (bicyclic) bond motifs is 1. The van der Waals surface area contributed by atoms with E-state index in [1.165, 1.54) is 12.1 Å². The first-order valence-corrected chi connectivity index (χ1v) is 13.8. The highest BCUT2D eigenvalue weighted by molar-refractivity contribution is 7.89. The lowest BCUT2D eigenvalue weighted by atomic mass is 9.88. The molecule has 0 unspecified atom stereocenters. The molecule has 9 heteroatoms.